The van der Waals surface area contributed by atoms with Crippen LogP contribution in [0.25, 0.3) is 28.1 Å². The lowest BCUT2D eigenvalue weighted by Crippen LogP contribution is -2.25. The maximum absolute atomic E-state index is 12.8. The SMILES string of the molecule is CCC(C)n1nc2ccc3c4c(ccc(c2-3)c1=O)=CC=NN4. The minimum absolute atomic E-state index is 0.0358. The topological polar surface area (TPSA) is 59.3 Å². The van der Waals surface area contributed by atoms with Gasteiger partial charge in [-0.05, 0) is 37.6 Å². The van der Waals surface area contributed by atoms with Gasteiger partial charge >= 0.3 is 0 Å². The summed E-state index contributed by atoms with van der Waals surface area (Å²) in [6.07, 6.45) is 4.52. The normalized spacial score (nSPS) is 14.6. The van der Waals surface area contributed by atoms with Gasteiger partial charge in [0, 0.05) is 22.6 Å². The lowest BCUT2D eigenvalue weighted by Gasteiger charge is -2.13. The van der Waals surface area contributed by atoms with Crippen LogP contribution in [0.2, 0.25) is 0 Å². The molecule has 0 saturated carbocycles. The van der Waals surface area contributed by atoms with Crippen LogP contribution in [0.4, 0.5) is 5.69 Å². The number of nitrogens with one attached hydrogen (secondary N) is 1. The molecular weight excluding hydrogens is 276 g/mol. The van der Waals surface area contributed by atoms with Crippen LogP contribution in [0.5, 0.6) is 0 Å². The molecule has 1 N–H and O–H groups in total. The van der Waals surface area contributed by atoms with Crippen molar-refractivity contribution < 1.29 is 0 Å². The molecule has 5 heteroatoms. The first-order valence-electron chi connectivity index (χ1n) is 7.48. The molecule has 1 unspecified atom stereocenters. The third-order valence-electron chi connectivity index (χ3n) is 4.36. The van der Waals surface area contributed by atoms with E-state index in [0.717, 1.165) is 34.0 Å². The Morgan fingerprint density at radius 1 is 1.27 bits per heavy atom. The Morgan fingerprint density at radius 2 is 2.14 bits per heavy atom. The monoisotopic (exact) mass is 292 g/mol. The molecular formula is C17H16N4O. The second-order valence-corrected chi connectivity index (χ2v) is 5.65. The van der Waals surface area contributed by atoms with Crippen LogP contribution in [0.1, 0.15) is 26.3 Å². The van der Waals surface area contributed by atoms with E-state index in [9.17, 15) is 4.79 Å². The zero-order chi connectivity index (χ0) is 15.3. The Labute approximate surface area is 127 Å². The van der Waals surface area contributed by atoms with Crippen molar-refractivity contribution in [2.75, 3.05) is 5.43 Å². The van der Waals surface area contributed by atoms with Gasteiger partial charge in [-0.2, -0.15) is 10.2 Å². The molecule has 4 rings (SSSR count). The highest BCUT2D eigenvalue weighted by Gasteiger charge is 2.20. The highest BCUT2D eigenvalue weighted by Crippen LogP contribution is 2.35. The van der Waals surface area contributed by atoms with Crippen molar-refractivity contribution in [3.63, 3.8) is 0 Å². The first-order chi connectivity index (χ1) is 10.7. The first-order valence-corrected chi connectivity index (χ1v) is 7.48. The van der Waals surface area contributed by atoms with Crippen LogP contribution in [0.15, 0.2) is 34.2 Å². The summed E-state index contributed by atoms with van der Waals surface area (Å²) >= 11 is 0. The van der Waals surface area contributed by atoms with Crippen LogP contribution in [0, 0.1) is 0 Å². The van der Waals surface area contributed by atoms with Gasteiger partial charge in [-0.3, -0.25) is 10.2 Å². The molecule has 0 aromatic carbocycles. The summed E-state index contributed by atoms with van der Waals surface area (Å²) in [4.78, 5) is 12.8. The lowest BCUT2D eigenvalue weighted by atomic mass is 10.1. The molecule has 0 amide bonds. The van der Waals surface area contributed by atoms with E-state index in [2.05, 4.69) is 22.5 Å². The van der Waals surface area contributed by atoms with Crippen molar-refractivity contribution in [1.29, 1.82) is 0 Å². The van der Waals surface area contributed by atoms with Gasteiger partial charge in [0.25, 0.3) is 5.56 Å². The number of hydrogen-bond donors (Lipinski definition) is 1. The quantitative estimate of drug-likeness (QED) is 0.789. The zero-order valence-electron chi connectivity index (χ0n) is 12.5. The van der Waals surface area contributed by atoms with Crippen LogP contribution in [-0.4, -0.2) is 16.0 Å². The highest BCUT2D eigenvalue weighted by molar-refractivity contribution is 6.03. The molecule has 1 aromatic rings. The van der Waals surface area contributed by atoms with Crippen molar-refractivity contribution in [1.82, 2.24) is 9.78 Å². The average molecular weight is 292 g/mol. The summed E-state index contributed by atoms with van der Waals surface area (Å²) in [6.45, 7) is 4.08. The predicted molar refractivity (Wildman–Crippen MR) is 89.4 cm³/mol. The molecule has 0 spiro atoms. The standard InChI is InChI=1S/C17H16N4O/c1-3-10(2)21-17(22)13-5-4-11-8-9-18-19-16(11)12-6-7-14(20-21)15(12)13/h4-10,19H,3H2,1-2H3. The zero-order valence-corrected chi connectivity index (χ0v) is 12.5. The maximum Gasteiger partial charge on any atom is 0.274 e. The van der Waals surface area contributed by atoms with E-state index in [0.29, 0.717) is 5.39 Å². The predicted octanol–water partition coefficient (Wildman–Crippen LogP) is 2.38. The molecule has 0 bridgehead atoms. The van der Waals surface area contributed by atoms with Crippen LogP contribution in [-0.2, 0) is 0 Å². The largest absolute Gasteiger partial charge is 0.277 e. The average Bonchev–Trinajstić information content (AvgIpc) is 2.88. The van der Waals surface area contributed by atoms with Gasteiger partial charge < -0.3 is 0 Å². The van der Waals surface area contributed by atoms with E-state index >= 15 is 0 Å². The summed E-state index contributed by atoms with van der Waals surface area (Å²) in [5.41, 5.74) is 6.67. The Balaban J connectivity index is 2.15. The van der Waals surface area contributed by atoms with Crippen molar-refractivity contribution in [2.24, 2.45) is 5.10 Å². The molecule has 0 radical (unpaired) electrons. The minimum Gasteiger partial charge on any atom is -0.277 e. The summed E-state index contributed by atoms with van der Waals surface area (Å²) in [7, 11) is 0. The second-order valence-electron chi connectivity index (χ2n) is 5.65. The summed E-state index contributed by atoms with van der Waals surface area (Å²) in [6, 6.07) is 7.92. The fourth-order valence-electron chi connectivity index (χ4n) is 2.95. The number of hydrogen-bond acceptors (Lipinski definition) is 4. The van der Waals surface area contributed by atoms with E-state index in [1.165, 1.54) is 0 Å². The molecule has 110 valence electrons. The molecule has 1 aliphatic heterocycles. The summed E-state index contributed by atoms with van der Waals surface area (Å²) in [5, 5.41) is 10.4. The molecule has 1 atom stereocenters. The fourth-order valence-corrected chi connectivity index (χ4v) is 2.95. The third kappa shape index (κ3) is 1.68. The van der Waals surface area contributed by atoms with Crippen molar-refractivity contribution in [2.45, 2.75) is 26.3 Å². The number of nitrogens with zero attached hydrogens (tertiary/aromatic N) is 3. The van der Waals surface area contributed by atoms with Crippen molar-refractivity contribution >= 4 is 28.9 Å². The second kappa shape index (κ2) is 4.66. The summed E-state index contributed by atoms with van der Waals surface area (Å²) < 4.78 is 1.60. The number of rotatable bonds is 2. The van der Waals surface area contributed by atoms with E-state index in [1.807, 2.05) is 37.3 Å². The summed E-state index contributed by atoms with van der Waals surface area (Å²) in [5.74, 6) is 0. The van der Waals surface area contributed by atoms with Gasteiger partial charge in [0.1, 0.15) is 0 Å². The van der Waals surface area contributed by atoms with Crippen molar-refractivity contribution in [3.05, 3.63) is 39.8 Å². The van der Waals surface area contributed by atoms with Gasteiger partial charge in [-0.25, -0.2) is 4.68 Å². The van der Waals surface area contributed by atoms with Gasteiger partial charge in [0.15, 0.2) is 0 Å². The van der Waals surface area contributed by atoms with Crippen LogP contribution >= 0.6 is 0 Å². The lowest BCUT2D eigenvalue weighted by molar-refractivity contribution is 0.462. The number of anilines is 1. The fraction of sp³-hybridized carbons (Fsp3) is 0.235. The smallest absolute Gasteiger partial charge is 0.274 e. The molecule has 1 aromatic heterocycles. The van der Waals surface area contributed by atoms with Gasteiger partial charge in [-0.1, -0.05) is 13.0 Å². The van der Waals surface area contributed by atoms with Gasteiger partial charge in [0.2, 0.25) is 0 Å². The van der Waals surface area contributed by atoms with E-state index < -0.39 is 0 Å². The van der Waals surface area contributed by atoms with Crippen molar-refractivity contribution in [3.8, 4) is 11.1 Å². The molecule has 3 aliphatic rings. The molecule has 2 aliphatic carbocycles. The minimum atomic E-state index is -0.0358. The molecule has 0 saturated heterocycles. The molecule has 22 heavy (non-hydrogen) atoms. The van der Waals surface area contributed by atoms with Crippen LogP contribution < -0.4 is 16.2 Å². The highest BCUT2D eigenvalue weighted by atomic mass is 16.1. The van der Waals surface area contributed by atoms with E-state index in [4.69, 9.17) is 0 Å². The molecule has 0 fully saturated rings. The maximum atomic E-state index is 12.8. The Kier molecular flexibility index (Phi) is 2.76. The first kappa shape index (κ1) is 13.0. The van der Waals surface area contributed by atoms with Crippen LogP contribution in [0.3, 0.4) is 0 Å². The van der Waals surface area contributed by atoms with Gasteiger partial charge in [-0.15, -0.1) is 0 Å². The molecule has 5 nitrogen and oxygen atoms in total. The number of hydrazone groups is 1. The van der Waals surface area contributed by atoms with Gasteiger partial charge in [0.05, 0.1) is 22.6 Å². The Bertz CT molecular complexity index is 986. The van der Waals surface area contributed by atoms with E-state index in [1.54, 1.807) is 10.9 Å². The number of aromatic nitrogens is 2. The third-order valence-corrected chi connectivity index (χ3v) is 4.36. The molecule has 2 heterocycles. The van der Waals surface area contributed by atoms with E-state index in [-0.39, 0.29) is 11.6 Å². The Hall–Kier alpha value is -2.69. The number of fused-ring (bicyclic) bond motifs is 2. The Morgan fingerprint density at radius 3 is 2.95 bits per heavy atom.